The molecule has 5 heteroatoms. The van der Waals surface area contributed by atoms with Crippen LogP contribution >= 0.6 is 11.6 Å². The third-order valence-electron chi connectivity index (χ3n) is 3.23. The molecule has 1 aromatic rings. The molecule has 19 heavy (non-hydrogen) atoms. The number of nitrogens with one attached hydrogen (secondary N) is 1. The lowest BCUT2D eigenvalue weighted by molar-refractivity contribution is -0.136. The largest absolute Gasteiger partial charge is 0.378 e. The number of hydrogen-bond acceptors (Lipinski definition) is 3. The molecule has 1 amide bonds. The van der Waals surface area contributed by atoms with Gasteiger partial charge in [-0.2, -0.15) is 0 Å². The number of halogens is 1. The van der Waals surface area contributed by atoms with Gasteiger partial charge < -0.3 is 15.0 Å². The highest BCUT2D eigenvalue weighted by Crippen LogP contribution is 2.17. The summed E-state index contributed by atoms with van der Waals surface area (Å²) in [6.45, 7) is 4.99. The Morgan fingerprint density at radius 1 is 1.53 bits per heavy atom. The molecule has 1 aromatic carbocycles. The second-order valence-corrected chi connectivity index (χ2v) is 4.93. The van der Waals surface area contributed by atoms with Crippen LogP contribution in [0.25, 0.3) is 0 Å². The number of hydrogen-bond donors (Lipinski definition) is 1. The van der Waals surface area contributed by atoms with Crippen LogP contribution in [0.5, 0.6) is 0 Å². The van der Waals surface area contributed by atoms with Crippen molar-refractivity contribution in [2.75, 3.05) is 26.3 Å². The van der Waals surface area contributed by atoms with Crippen LogP contribution in [0.1, 0.15) is 12.5 Å². The van der Waals surface area contributed by atoms with Gasteiger partial charge in [0, 0.05) is 24.7 Å². The number of morpholine rings is 1. The molecule has 1 atom stereocenters. The Morgan fingerprint density at radius 2 is 2.32 bits per heavy atom. The molecule has 1 aliphatic heterocycles. The molecule has 0 radical (unpaired) electrons. The molecule has 1 fully saturated rings. The fourth-order valence-corrected chi connectivity index (χ4v) is 2.32. The van der Waals surface area contributed by atoms with Crippen LogP contribution in [0.15, 0.2) is 24.3 Å². The lowest BCUT2D eigenvalue weighted by Crippen LogP contribution is -2.52. The summed E-state index contributed by atoms with van der Waals surface area (Å²) in [7, 11) is 0. The average molecular weight is 283 g/mol. The number of amides is 1. The maximum absolute atomic E-state index is 12.4. The topological polar surface area (TPSA) is 41.6 Å². The molecule has 2 rings (SSSR count). The van der Waals surface area contributed by atoms with Crippen LogP contribution in [0.3, 0.4) is 0 Å². The highest BCUT2D eigenvalue weighted by atomic mass is 35.5. The SMILES string of the molecule is CCN(Cc1ccccc1Cl)C(=O)C1COCCN1. The van der Waals surface area contributed by atoms with E-state index in [1.54, 1.807) is 4.90 Å². The number of rotatable bonds is 4. The maximum atomic E-state index is 12.4. The minimum Gasteiger partial charge on any atom is -0.378 e. The van der Waals surface area contributed by atoms with Crippen LogP contribution in [0.4, 0.5) is 0 Å². The van der Waals surface area contributed by atoms with Gasteiger partial charge in [-0.15, -0.1) is 0 Å². The zero-order valence-electron chi connectivity index (χ0n) is 11.1. The molecule has 1 heterocycles. The molecule has 1 saturated heterocycles. The Hall–Kier alpha value is -1.10. The summed E-state index contributed by atoms with van der Waals surface area (Å²) in [6, 6.07) is 7.37. The monoisotopic (exact) mass is 282 g/mol. The summed E-state index contributed by atoms with van der Waals surface area (Å²) in [5.74, 6) is 0.0714. The van der Waals surface area contributed by atoms with Gasteiger partial charge in [0.25, 0.3) is 0 Å². The number of ether oxygens (including phenoxy) is 1. The Bertz CT molecular complexity index is 433. The van der Waals surface area contributed by atoms with Crippen molar-refractivity contribution in [3.63, 3.8) is 0 Å². The van der Waals surface area contributed by atoms with E-state index in [1.807, 2.05) is 31.2 Å². The van der Waals surface area contributed by atoms with E-state index in [4.69, 9.17) is 16.3 Å². The fourth-order valence-electron chi connectivity index (χ4n) is 2.12. The molecule has 1 aliphatic rings. The van der Waals surface area contributed by atoms with Crippen LogP contribution in [-0.2, 0) is 16.1 Å². The van der Waals surface area contributed by atoms with Crippen LogP contribution in [-0.4, -0.2) is 43.2 Å². The Kier molecular flexibility index (Phi) is 5.19. The summed E-state index contributed by atoms with van der Waals surface area (Å²) in [5.41, 5.74) is 0.969. The molecular weight excluding hydrogens is 264 g/mol. The van der Waals surface area contributed by atoms with Gasteiger partial charge in [0.2, 0.25) is 5.91 Å². The van der Waals surface area contributed by atoms with Gasteiger partial charge in [0.15, 0.2) is 0 Å². The fraction of sp³-hybridized carbons (Fsp3) is 0.500. The zero-order chi connectivity index (χ0) is 13.7. The number of carbonyl (C=O) groups excluding carboxylic acids is 1. The van der Waals surface area contributed by atoms with E-state index in [1.165, 1.54) is 0 Å². The van der Waals surface area contributed by atoms with Gasteiger partial charge in [0.05, 0.1) is 13.2 Å². The minimum atomic E-state index is -0.240. The quantitative estimate of drug-likeness (QED) is 0.914. The Balaban J connectivity index is 2.03. The van der Waals surface area contributed by atoms with Crippen molar-refractivity contribution >= 4 is 17.5 Å². The van der Waals surface area contributed by atoms with Crippen molar-refractivity contribution in [2.24, 2.45) is 0 Å². The highest BCUT2D eigenvalue weighted by molar-refractivity contribution is 6.31. The predicted octanol–water partition coefficient (Wildman–Crippen LogP) is 1.68. The molecule has 1 unspecified atom stereocenters. The third kappa shape index (κ3) is 3.69. The van der Waals surface area contributed by atoms with Crippen molar-refractivity contribution in [1.29, 1.82) is 0 Å². The van der Waals surface area contributed by atoms with Gasteiger partial charge in [-0.3, -0.25) is 4.79 Å². The third-order valence-corrected chi connectivity index (χ3v) is 3.60. The smallest absolute Gasteiger partial charge is 0.242 e. The molecular formula is C14H19ClN2O2. The van der Waals surface area contributed by atoms with Crippen LogP contribution < -0.4 is 5.32 Å². The van der Waals surface area contributed by atoms with Crippen molar-refractivity contribution in [2.45, 2.75) is 19.5 Å². The van der Waals surface area contributed by atoms with Gasteiger partial charge in [-0.05, 0) is 18.6 Å². The molecule has 0 spiro atoms. The summed E-state index contributed by atoms with van der Waals surface area (Å²) in [5, 5.41) is 3.88. The van der Waals surface area contributed by atoms with Gasteiger partial charge in [0.1, 0.15) is 6.04 Å². The first-order valence-corrected chi connectivity index (χ1v) is 6.93. The molecule has 4 nitrogen and oxygen atoms in total. The van der Waals surface area contributed by atoms with E-state index in [2.05, 4.69) is 5.32 Å². The molecule has 0 bridgehead atoms. The van der Waals surface area contributed by atoms with Crippen molar-refractivity contribution < 1.29 is 9.53 Å². The number of carbonyl (C=O) groups is 1. The number of nitrogens with zero attached hydrogens (tertiary/aromatic N) is 1. The van der Waals surface area contributed by atoms with Crippen molar-refractivity contribution in [3.05, 3.63) is 34.9 Å². The van der Waals surface area contributed by atoms with Crippen LogP contribution in [0.2, 0.25) is 5.02 Å². The van der Waals surface area contributed by atoms with E-state index in [-0.39, 0.29) is 11.9 Å². The highest BCUT2D eigenvalue weighted by Gasteiger charge is 2.25. The molecule has 0 saturated carbocycles. The zero-order valence-corrected chi connectivity index (χ0v) is 11.8. The van der Waals surface area contributed by atoms with Crippen LogP contribution in [0, 0.1) is 0 Å². The number of benzene rings is 1. The van der Waals surface area contributed by atoms with Crippen molar-refractivity contribution in [1.82, 2.24) is 10.2 Å². The Labute approximate surface area is 118 Å². The second kappa shape index (κ2) is 6.89. The number of likely N-dealkylation sites (N-methyl/N-ethyl adjacent to an activating group) is 1. The van der Waals surface area contributed by atoms with E-state index < -0.39 is 0 Å². The molecule has 104 valence electrons. The molecule has 1 N–H and O–H groups in total. The van der Waals surface area contributed by atoms with Crippen molar-refractivity contribution in [3.8, 4) is 0 Å². The molecule has 0 aromatic heterocycles. The van der Waals surface area contributed by atoms with E-state index in [9.17, 15) is 4.79 Å². The second-order valence-electron chi connectivity index (χ2n) is 4.53. The summed E-state index contributed by atoms with van der Waals surface area (Å²) in [4.78, 5) is 14.2. The van der Waals surface area contributed by atoms with Gasteiger partial charge in [-0.25, -0.2) is 0 Å². The van der Waals surface area contributed by atoms with Gasteiger partial charge >= 0.3 is 0 Å². The van der Waals surface area contributed by atoms with E-state index >= 15 is 0 Å². The Morgan fingerprint density at radius 3 is 2.95 bits per heavy atom. The maximum Gasteiger partial charge on any atom is 0.242 e. The first kappa shape index (κ1) is 14.3. The summed E-state index contributed by atoms with van der Waals surface area (Å²) < 4.78 is 5.34. The van der Waals surface area contributed by atoms with E-state index in [0.29, 0.717) is 31.3 Å². The minimum absolute atomic E-state index is 0.0714. The van der Waals surface area contributed by atoms with E-state index in [0.717, 1.165) is 12.1 Å². The standard InChI is InChI=1S/C14H19ClN2O2/c1-2-17(9-11-5-3-4-6-12(11)15)14(18)13-10-19-8-7-16-13/h3-6,13,16H,2,7-10H2,1H3. The first-order chi connectivity index (χ1) is 9.22. The molecule has 0 aliphatic carbocycles. The summed E-state index contributed by atoms with van der Waals surface area (Å²) >= 11 is 6.14. The first-order valence-electron chi connectivity index (χ1n) is 6.55. The van der Waals surface area contributed by atoms with Gasteiger partial charge in [-0.1, -0.05) is 29.8 Å². The average Bonchev–Trinajstić information content (AvgIpc) is 2.47. The predicted molar refractivity (Wildman–Crippen MR) is 75.2 cm³/mol. The lowest BCUT2D eigenvalue weighted by atomic mass is 10.1. The summed E-state index contributed by atoms with van der Waals surface area (Å²) in [6.07, 6.45) is 0. The normalized spacial score (nSPS) is 19.2. The lowest BCUT2D eigenvalue weighted by Gasteiger charge is -2.29.